The van der Waals surface area contributed by atoms with Crippen LogP contribution in [0.4, 0.5) is 4.79 Å². The molecule has 1 aliphatic rings. The van der Waals surface area contributed by atoms with Gasteiger partial charge in [0.2, 0.25) is 0 Å². The fourth-order valence-corrected chi connectivity index (χ4v) is 2.74. The van der Waals surface area contributed by atoms with Crippen molar-refractivity contribution >= 4 is 23.6 Å². The van der Waals surface area contributed by atoms with E-state index in [4.69, 9.17) is 21.1 Å². The van der Waals surface area contributed by atoms with Crippen LogP contribution in [0.3, 0.4) is 0 Å². The van der Waals surface area contributed by atoms with Crippen molar-refractivity contribution in [3.8, 4) is 5.75 Å². The van der Waals surface area contributed by atoms with E-state index in [0.29, 0.717) is 29.4 Å². The minimum atomic E-state index is -0.516. The first-order chi connectivity index (χ1) is 11.6. The Bertz CT molecular complexity index is 655. The lowest BCUT2D eigenvalue weighted by Gasteiger charge is -2.24. The summed E-state index contributed by atoms with van der Waals surface area (Å²) in [5, 5.41) is 0.346. The second-order valence-electron chi connectivity index (χ2n) is 7.30. The summed E-state index contributed by atoms with van der Waals surface area (Å²) in [6, 6.07) is 5.01. The van der Waals surface area contributed by atoms with Gasteiger partial charge in [-0.1, -0.05) is 11.6 Å². The molecule has 2 rings (SSSR count). The summed E-state index contributed by atoms with van der Waals surface area (Å²) < 4.78 is 11.3. The number of nitrogens with zero attached hydrogens (tertiary/aromatic N) is 2. The molecule has 25 heavy (non-hydrogen) atoms. The zero-order valence-electron chi connectivity index (χ0n) is 15.3. The molecule has 0 spiro atoms. The summed E-state index contributed by atoms with van der Waals surface area (Å²) >= 11 is 6.19. The maximum Gasteiger partial charge on any atom is 0.410 e. The largest absolute Gasteiger partial charge is 0.488 e. The van der Waals surface area contributed by atoms with Gasteiger partial charge in [0.05, 0.1) is 17.1 Å². The molecule has 0 radical (unpaired) electrons. The van der Waals surface area contributed by atoms with Gasteiger partial charge >= 0.3 is 6.09 Å². The topological polar surface area (TPSA) is 59.1 Å². The highest BCUT2D eigenvalue weighted by atomic mass is 35.5. The Morgan fingerprint density at radius 2 is 1.96 bits per heavy atom. The molecule has 0 aromatic heterocycles. The monoisotopic (exact) mass is 368 g/mol. The highest BCUT2D eigenvalue weighted by molar-refractivity contribution is 6.34. The van der Waals surface area contributed by atoms with Crippen molar-refractivity contribution in [3.63, 3.8) is 0 Å². The third kappa shape index (κ3) is 5.26. The van der Waals surface area contributed by atoms with Crippen LogP contribution in [0.2, 0.25) is 5.02 Å². The van der Waals surface area contributed by atoms with Crippen molar-refractivity contribution in [1.29, 1.82) is 0 Å². The van der Waals surface area contributed by atoms with Crippen LogP contribution in [0.1, 0.15) is 37.6 Å². The molecular formula is C18H25ClN2O4. The van der Waals surface area contributed by atoms with Gasteiger partial charge in [0.25, 0.3) is 5.91 Å². The zero-order valence-corrected chi connectivity index (χ0v) is 16.1. The average molecular weight is 369 g/mol. The van der Waals surface area contributed by atoms with Crippen LogP contribution in [0.15, 0.2) is 18.2 Å². The minimum Gasteiger partial charge on any atom is -0.488 e. The van der Waals surface area contributed by atoms with Gasteiger partial charge in [-0.3, -0.25) is 4.79 Å². The van der Waals surface area contributed by atoms with Crippen molar-refractivity contribution in [1.82, 2.24) is 9.80 Å². The second kappa shape index (κ2) is 7.52. The molecule has 0 N–H and O–H groups in total. The normalized spacial score (nSPS) is 17.4. The van der Waals surface area contributed by atoms with E-state index in [1.54, 1.807) is 37.2 Å². The number of carbonyl (C=O) groups excluding carboxylic acids is 2. The van der Waals surface area contributed by atoms with Crippen molar-refractivity contribution in [2.45, 2.75) is 38.9 Å². The number of ether oxygens (including phenoxy) is 2. The molecule has 1 atom stereocenters. The molecule has 1 aromatic carbocycles. The van der Waals surface area contributed by atoms with Gasteiger partial charge in [-0.05, 0) is 39.0 Å². The van der Waals surface area contributed by atoms with Crippen LogP contribution in [0.5, 0.6) is 5.75 Å². The Morgan fingerprint density at radius 1 is 1.28 bits per heavy atom. The number of amides is 2. The smallest absolute Gasteiger partial charge is 0.410 e. The first-order valence-electron chi connectivity index (χ1n) is 8.22. The number of carbonyl (C=O) groups is 2. The number of hydrogen-bond acceptors (Lipinski definition) is 4. The quantitative estimate of drug-likeness (QED) is 0.820. The van der Waals surface area contributed by atoms with E-state index in [9.17, 15) is 9.59 Å². The molecule has 0 saturated carbocycles. The Hall–Kier alpha value is -1.95. The van der Waals surface area contributed by atoms with Crippen LogP contribution in [0, 0.1) is 0 Å². The summed E-state index contributed by atoms with van der Waals surface area (Å²) in [6.07, 6.45) is 0.262. The summed E-state index contributed by atoms with van der Waals surface area (Å²) in [6.45, 7) is 6.57. The summed E-state index contributed by atoms with van der Waals surface area (Å²) in [7, 11) is 3.35. The molecule has 138 valence electrons. The maximum absolute atomic E-state index is 12.1. The Kier molecular flexibility index (Phi) is 5.83. The van der Waals surface area contributed by atoms with Gasteiger partial charge in [-0.2, -0.15) is 0 Å². The third-order valence-corrected chi connectivity index (χ3v) is 3.99. The van der Waals surface area contributed by atoms with Gasteiger partial charge in [0, 0.05) is 27.1 Å². The van der Waals surface area contributed by atoms with Crippen LogP contribution in [0.25, 0.3) is 0 Å². The Morgan fingerprint density at radius 3 is 2.52 bits per heavy atom. The van der Waals surface area contributed by atoms with Crippen molar-refractivity contribution in [3.05, 3.63) is 28.8 Å². The SMILES string of the molecule is CN(C)C(=O)c1ccc(O[C@@H]2CCN(C(=O)OC(C)(C)C)C2)cc1Cl. The Balaban J connectivity index is 1.96. The first-order valence-corrected chi connectivity index (χ1v) is 8.60. The van der Waals surface area contributed by atoms with Crippen molar-refractivity contribution < 1.29 is 19.1 Å². The fraction of sp³-hybridized carbons (Fsp3) is 0.556. The number of likely N-dealkylation sites (tertiary alicyclic amines) is 1. The highest BCUT2D eigenvalue weighted by Crippen LogP contribution is 2.26. The summed E-state index contributed by atoms with van der Waals surface area (Å²) in [5.74, 6) is 0.421. The molecule has 1 saturated heterocycles. The highest BCUT2D eigenvalue weighted by Gasteiger charge is 2.31. The molecule has 7 heteroatoms. The van der Waals surface area contributed by atoms with Crippen molar-refractivity contribution in [2.24, 2.45) is 0 Å². The van der Waals surface area contributed by atoms with Gasteiger partial charge in [-0.15, -0.1) is 0 Å². The van der Waals surface area contributed by atoms with E-state index in [1.165, 1.54) is 4.90 Å². The van der Waals surface area contributed by atoms with Crippen LogP contribution >= 0.6 is 11.6 Å². The lowest BCUT2D eigenvalue weighted by Crippen LogP contribution is -2.36. The van der Waals surface area contributed by atoms with Gasteiger partial charge in [0.1, 0.15) is 17.5 Å². The van der Waals surface area contributed by atoms with E-state index in [1.807, 2.05) is 20.8 Å². The second-order valence-corrected chi connectivity index (χ2v) is 7.70. The molecule has 0 unspecified atom stereocenters. The van der Waals surface area contributed by atoms with E-state index >= 15 is 0 Å². The number of rotatable bonds is 3. The van der Waals surface area contributed by atoms with Crippen LogP contribution in [-0.4, -0.2) is 60.7 Å². The molecule has 6 nitrogen and oxygen atoms in total. The van der Waals surface area contributed by atoms with Crippen LogP contribution < -0.4 is 4.74 Å². The molecule has 0 aliphatic carbocycles. The van der Waals surface area contributed by atoms with E-state index in [-0.39, 0.29) is 18.1 Å². The predicted octanol–water partition coefficient (Wildman–Crippen LogP) is 3.43. The first kappa shape index (κ1) is 19.4. The van der Waals surface area contributed by atoms with E-state index in [2.05, 4.69) is 0 Å². The molecule has 1 heterocycles. The molecule has 0 bridgehead atoms. The average Bonchev–Trinajstić information content (AvgIpc) is 2.93. The van der Waals surface area contributed by atoms with Crippen LogP contribution in [-0.2, 0) is 4.74 Å². The maximum atomic E-state index is 12.1. The van der Waals surface area contributed by atoms with E-state index < -0.39 is 5.60 Å². The lowest BCUT2D eigenvalue weighted by atomic mass is 10.2. The molecule has 2 amide bonds. The molecular weight excluding hydrogens is 344 g/mol. The number of benzene rings is 1. The third-order valence-electron chi connectivity index (χ3n) is 3.68. The molecule has 1 aliphatic heterocycles. The minimum absolute atomic E-state index is 0.126. The summed E-state index contributed by atoms with van der Waals surface area (Å²) in [5.41, 5.74) is -0.0842. The standard InChI is InChI=1S/C18H25ClN2O4/c1-18(2,3)25-17(23)21-9-8-13(11-21)24-12-6-7-14(15(19)10-12)16(22)20(4)5/h6-7,10,13H,8-9,11H2,1-5H3/t13-/m1/s1. The van der Waals surface area contributed by atoms with Gasteiger partial charge < -0.3 is 19.3 Å². The molecule has 1 fully saturated rings. The predicted molar refractivity (Wildman–Crippen MR) is 96.3 cm³/mol. The Labute approximate surface area is 153 Å². The number of hydrogen-bond donors (Lipinski definition) is 0. The van der Waals surface area contributed by atoms with Crippen molar-refractivity contribution in [2.75, 3.05) is 27.2 Å². The lowest BCUT2D eigenvalue weighted by molar-refractivity contribution is 0.0275. The number of halogens is 1. The van der Waals surface area contributed by atoms with Gasteiger partial charge in [-0.25, -0.2) is 4.79 Å². The van der Waals surface area contributed by atoms with E-state index in [0.717, 1.165) is 6.42 Å². The molecule has 1 aromatic rings. The fourth-order valence-electron chi connectivity index (χ4n) is 2.49. The zero-order chi connectivity index (χ0) is 18.8. The summed E-state index contributed by atoms with van der Waals surface area (Å²) in [4.78, 5) is 27.2. The van der Waals surface area contributed by atoms with Gasteiger partial charge in [0.15, 0.2) is 0 Å².